The minimum Gasteiger partial charge on any atom is -0.459 e. The Balaban J connectivity index is 1.82. The Bertz CT molecular complexity index is 551. The predicted molar refractivity (Wildman–Crippen MR) is 74.7 cm³/mol. The van der Waals surface area contributed by atoms with E-state index in [9.17, 15) is 0 Å². The van der Waals surface area contributed by atoms with Crippen LogP contribution in [0.25, 0.3) is 11.0 Å². The van der Waals surface area contributed by atoms with Gasteiger partial charge in [0, 0.05) is 11.4 Å². The number of rotatable bonds is 3. The molecule has 0 bridgehead atoms. The molecular weight excluding hydrogens is 222 g/mol. The molecule has 1 heterocycles. The molecule has 2 aromatic rings. The maximum atomic E-state index is 5.99. The summed E-state index contributed by atoms with van der Waals surface area (Å²) in [6.45, 7) is 6.67. The van der Waals surface area contributed by atoms with Gasteiger partial charge in [-0.25, -0.2) is 0 Å². The van der Waals surface area contributed by atoms with Gasteiger partial charge < -0.3 is 9.73 Å². The zero-order valence-corrected chi connectivity index (χ0v) is 11.4. The number of aryl methyl sites for hydroxylation is 1. The van der Waals surface area contributed by atoms with Gasteiger partial charge >= 0.3 is 0 Å². The quantitative estimate of drug-likeness (QED) is 0.874. The van der Waals surface area contributed by atoms with Gasteiger partial charge in [-0.15, -0.1) is 0 Å². The van der Waals surface area contributed by atoms with Crippen molar-refractivity contribution < 1.29 is 4.42 Å². The van der Waals surface area contributed by atoms with Crippen LogP contribution in [0.15, 0.2) is 28.7 Å². The van der Waals surface area contributed by atoms with Gasteiger partial charge in [0.15, 0.2) is 0 Å². The number of fused-ring (bicyclic) bond motifs is 1. The summed E-state index contributed by atoms with van der Waals surface area (Å²) in [4.78, 5) is 0. The third-order valence-electron chi connectivity index (χ3n) is 4.13. The van der Waals surface area contributed by atoms with Crippen molar-refractivity contribution in [2.75, 3.05) is 0 Å². The van der Waals surface area contributed by atoms with Crippen molar-refractivity contribution in [3.8, 4) is 0 Å². The molecular formula is C16H21NO. The third-order valence-corrected chi connectivity index (χ3v) is 4.13. The number of hydrogen-bond donors (Lipinski definition) is 1. The first-order chi connectivity index (χ1) is 8.65. The first-order valence-electron chi connectivity index (χ1n) is 6.89. The van der Waals surface area contributed by atoms with Crippen LogP contribution in [0.4, 0.5) is 0 Å². The normalized spacial score (nSPS) is 25.1. The zero-order valence-electron chi connectivity index (χ0n) is 11.4. The summed E-state index contributed by atoms with van der Waals surface area (Å²) in [5.41, 5.74) is 2.28. The van der Waals surface area contributed by atoms with E-state index in [0.717, 1.165) is 17.3 Å². The molecule has 18 heavy (non-hydrogen) atoms. The standard InChI is InChI=1S/C16H21NO/c1-10-8-13(9-10)17-12(3)16-11(2)14-6-4-5-7-15(14)18-16/h4-7,10,12-13,17H,8-9H2,1-3H3. The maximum Gasteiger partial charge on any atom is 0.134 e. The molecule has 0 saturated heterocycles. The molecule has 1 unspecified atom stereocenters. The molecule has 1 aromatic carbocycles. The summed E-state index contributed by atoms with van der Waals surface area (Å²) < 4.78 is 5.99. The van der Waals surface area contributed by atoms with Crippen LogP contribution in [0.1, 0.15) is 44.1 Å². The van der Waals surface area contributed by atoms with Crippen LogP contribution in [0, 0.1) is 12.8 Å². The zero-order chi connectivity index (χ0) is 12.7. The van der Waals surface area contributed by atoms with Crippen molar-refractivity contribution in [1.82, 2.24) is 5.32 Å². The van der Waals surface area contributed by atoms with Gasteiger partial charge in [-0.3, -0.25) is 0 Å². The number of furan rings is 1. The third kappa shape index (κ3) is 1.95. The largest absolute Gasteiger partial charge is 0.459 e. The molecule has 1 aromatic heterocycles. The van der Waals surface area contributed by atoms with Crippen molar-refractivity contribution in [1.29, 1.82) is 0 Å². The van der Waals surface area contributed by atoms with Crippen molar-refractivity contribution >= 4 is 11.0 Å². The lowest BCUT2D eigenvalue weighted by Crippen LogP contribution is -2.41. The Morgan fingerprint density at radius 3 is 2.67 bits per heavy atom. The van der Waals surface area contributed by atoms with Crippen LogP contribution < -0.4 is 5.32 Å². The first kappa shape index (κ1) is 11.8. The summed E-state index contributed by atoms with van der Waals surface area (Å²) in [7, 11) is 0. The van der Waals surface area contributed by atoms with Gasteiger partial charge in [0.1, 0.15) is 11.3 Å². The molecule has 96 valence electrons. The highest BCUT2D eigenvalue weighted by molar-refractivity contribution is 5.82. The van der Waals surface area contributed by atoms with E-state index in [-0.39, 0.29) is 0 Å². The highest BCUT2D eigenvalue weighted by atomic mass is 16.3. The SMILES string of the molecule is Cc1c(C(C)NC2CC(C)C2)oc2ccccc12. The van der Waals surface area contributed by atoms with Crippen molar-refractivity contribution in [2.24, 2.45) is 5.92 Å². The Morgan fingerprint density at radius 1 is 1.28 bits per heavy atom. The fourth-order valence-electron chi connectivity index (χ4n) is 3.07. The van der Waals surface area contributed by atoms with Crippen molar-refractivity contribution in [3.05, 3.63) is 35.6 Å². The van der Waals surface area contributed by atoms with E-state index >= 15 is 0 Å². The van der Waals surface area contributed by atoms with Gasteiger partial charge in [0.05, 0.1) is 6.04 Å². The molecule has 1 fully saturated rings. The summed E-state index contributed by atoms with van der Waals surface area (Å²) in [5.74, 6) is 1.97. The van der Waals surface area contributed by atoms with Gasteiger partial charge in [-0.05, 0) is 44.2 Å². The predicted octanol–water partition coefficient (Wildman–Crippen LogP) is 4.19. The molecule has 1 aliphatic carbocycles. The lowest BCUT2D eigenvalue weighted by Gasteiger charge is -2.35. The minimum absolute atomic E-state index is 0.301. The van der Waals surface area contributed by atoms with Crippen LogP contribution in [0.2, 0.25) is 0 Å². The number of nitrogens with one attached hydrogen (secondary N) is 1. The summed E-state index contributed by atoms with van der Waals surface area (Å²) >= 11 is 0. The average molecular weight is 243 g/mol. The fraction of sp³-hybridized carbons (Fsp3) is 0.500. The highest BCUT2D eigenvalue weighted by Crippen LogP contribution is 2.32. The summed E-state index contributed by atoms with van der Waals surface area (Å²) in [5, 5.41) is 4.91. The van der Waals surface area contributed by atoms with Gasteiger partial charge in [-0.2, -0.15) is 0 Å². The Labute approximate surface area is 108 Å². The van der Waals surface area contributed by atoms with Crippen molar-refractivity contribution in [3.63, 3.8) is 0 Å². The Morgan fingerprint density at radius 2 is 2.00 bits per heavy atom. The topological polar surface area (TPSA) is 25.2 Å². The van der Waals surface area contributed by atoms with Crippen LogP contribution in [-0.4, -0.2) is 6.04 Å². The van der Waals surface area contributed by atoms with Crippen LogP contribution >= 0.6 is 0 Å². The number of para-hydroxylation sites is 1. The Kier molecular flexibility index (Phi) is 2.90. The second-order valence-electron chi connectivity index (χ2n) is 5.75. The molecule has 2 heteroatoms. The van der Waals surface area contributed by atoms with Gasteiger partial charge in [0.25, 0.3) is 0 Å². The molecule has 1 N–H and O–H groups in total. The smallest absolute Gasteiger partial charge is 0.134 e. The summed E-state index contributed by atoms with van der Waals surface area (Å²) in [6.07, 6.45) is 2.59. The molecule has 0 aliphatic heterocycles. The molecule has 1 atom stereocenters. The molecule has 0 amide bonds. The first-order valence-corrected chi connectivity index (χ1v) is 6.89. The van der Waals surface area contributed by atoms with E-state index in [4.69, 9.17) is 4.42 Å². The van der Waals surface area contributed by atoms with E-state index in [1.165, 1.54) is 23.8 Å². The van der Waals surface area contributed by atoms with Crippen molar-refractivity contribution in [2.45, 2.75) is 45.7 Å². The lowest BCUT2D eigenvalue weighted by atomic mass is 9.81. The van der Waals surface area contributed by atoms with E-state index in [1.807, 2.05) is 12.1 Å². The van der Waals surface area contributed by atoms with Gasteiger partial charge in [0.2, 0.25) is 0 Å². The fourth-order valence-corrected chi connectivity index (χ4v) is 3.07. The van der Waals surface area contributed by atoms with Crippen LogP contribution in [0.5, 0.6) is 0 Å². The Hall–Kier alpha value is -1.28. The molecule has 1 aliphatic rings. The molecule has 2 nitrogen and oxygen atoms in total. The lowest BCUT2D eigenvalue weighted by molar-refractivity contribution is 0.219. The monoisotopic (exact) mass is 243 g/mol. The molecule has 0 radical (unpaired) electrons. The highest BCUT2D eigenvalue weighted by Gasteiger charge is 2.28. The van der Waals surface area contributed by atoms with E-state index in [0.29, 0.717) is 12.1 Å². The number of benzene rings is 1. The van der Waals surface area contributed by atoms with Gasteiger partial charge in [-0.1, -0.05) is 25.1 Å². The molecule has 3 rings (SSSR count). The molecule has 0 spiro atoms. The van der Waals surface area contributed by atoms with Crippen LogP contribution in [-0.2, 0) is 0 Å². The average Bonchev–Trinajstić information content (AvgIpc) is 2.66. The van der Waals surface area contributed by atoms with E-state index < -0.39 is 0 Å². The second kappa shape index (κ2) is 4.43. The number of hydrogen-bond acceptors (Lipinski definition) is 2. The molecule has 1 saturated carbocycles. The van der Waals surface area contributed by atoms with Crippen LogP contribution in [0.3, 0.4) is 0 Å². The maximum absolute atomic E-state index is 5.99. The van der Waals surface area contributed by atoms with E-state index in [2.05, 4.69) is 38.2 Å². The minimum atomic E-state index is 0.301. The summed E-state index contributed by atoms with van der Waals surface area (Å²) in [6, 6.07) is 9.25. The second-order valence-corrected chi connectivity index (χ2v) is 5.75. The van der Waals surface area contributed by atoms with E-state index in [1.54, 1.807) is 0 Å².